The van der Waals surface area contributed by atoms with Crippen LogP contribution >= 0.6 is 0 Å². The third-order valence-corrected chi connectivity index (χ3v) is 3.67. The highest BCUT2D eigenvalue weighted by molar-refractivity contribution is 5.30. The van der Waals surface area contributed by atoms with Gasteiger partial charge in [-0.1, -0.05) is 29.3 Å². The van der Waals surface area contributed by atoms with Crippen LogP contribution < -0.4 is 5.32 Å². The molecule has 1 fully saturated rings. The summed E-state index contributed by atoms with van der Waals surface area (Å²) in [5.41, 5.74) is 4.06. The fraction of sp³-hybridized carbons (Fsp3) is 0.625. The summed E-state index contributed by atoms with van der Waals surface area (Å²) in [5.74, 6) is 0. The van der Waals surface area contributed by atoms with Gasteiger partial charge < -0.3 is 10.1 Å². The summed E-state index contributed by atoms with van der Waals surface area (Å²) in [6.07, 6.45) is 4.15. The third-order valence-electron chi connectivity index (χ3n) is 3.67. The van der Waals surface area contributed by atoms with Crippen LogP contribution in [0, 0.1) is 13.8 Å². The lowest BCUT2D eigenvalue weighted by atomic mass is 10.0. The Balaban J connectivity index is 1.88. The summed E-state index contributed by atoms with van der Waals surface area (Å²) in [4.78, 5) is 0. The van der Waals surface area contributed by atoms with Crippen LogP contribution in [0.3, 0.4) is 0 Å². The fourth-order valence-electron chi connectivity index (χ4n) is 2.65. The second-order valence-corrected chi connectivity index (χ2v) is 5.54. The Bertz CT molecular complexity index is 362. The van der Waals surface area contributed by atoms with E-state index >= 15 is 0 Å². The predicted octanol–water partition coefficient (Wildman–Crippen LogP) is 3.52. The second kappa shape index (κ2) is 6.35. The van der Waals surface area contributed by atoms with Gasteiger partial charge in [0, 0.05) is 19.2 Å². The minimum Gasteiger partial charge on any atom is -0.377 e. The van der Waals surface area contributed by atoms with Gasteiger partial charge in [-0.15, -0.1) is 0 Å². The molecule has 0 saturated carbocycles. The highest BCUT2D eigenvalue weighted by atomic mass is 16.5. The van der Waals surface area contributed by atoms with Crippen molar-refractivity contribution < 1.29 is 4.74 Å². The molecule has 2 atom stereocenters. The second-order valence-electron chi connectivity index (χ2n) is 5.54. The molecule has 0 amide bonds. The zero-order valence-electron chi connectivity index (χ0n) is 11.8. The number of nitrogens with one attached hydrogen (secondary N) is 1. The van der Waals surface area contributed by atoms with Gasteiger partial charge in [-0.3, -0.25) is 0 Å². The molecule has 1 N–H and O–H groups in total. The molecular formula is C16H25NO. The summed E-state index contributed by atoms with van der Waals surface area (Å²) in [6.45, 7) is 8.45. The molecule has 1 aromatic rings. The van der Waals surface area contributed by atoms with Crippen molar-refractivity contribution in [2.24, 2.45) is 0 Å². The lowest BCUT2D eigenvalue weighted by molar-refractivity contribution is 0.0156. The predicted molar refractivity (Wildman–Crippen MR) is 75.9 cm³/mol. The monoisotopic (exact) mass is 247 g/mol. The van der Waals surface area contributed by atoms with E-state index in [1.54, 1.807) is 0 Å². The van der Waals surface area contributed by atoms with Crippen LogP contribution in [-0.2, 0) is 4.74 Å². The van der Waals surface area contributed by atoms with Crippen molar-refractivity contribution >= 4 is 0 Å². The molecule has 1 aliphatic heterocycles. The van der Waals surface area contributed by atoms with E-state index in [0.717, 1.165) is 13.2 Å². The van der Waals surface area contributed by atoms with Crippen LogP contribution in [0.5, 0.6) is 0 Å². The minimum atomic E-state index is 0.397. The van der Waals surface area contributed by atoms with E-state index in [1.165, 1.54) is 36.0 Å². The lowest BCUT2D eigenvalue weighted by Gasteiger charge is -2.25. The van der Waals surface area contributed by atoms with Crippen molar-refractivity contribution in [3.8, 4) is 0 Å². The first kappa shape index (κ1) is 13.6. The summed E-state index contributed by atoms with van der Waals surface area (Å²) in [5, 5.41) is 3.60. The number of benzene rings is 1. The topological polar surface area (TPSA) is 21.3 Å². The first-order valence-corrected chi connectivity index (χ1v) is 7.08. The average Bonchev–Trinajstić information content (AvgIpc) is 2.36. The van der Waals surface area contributed by atoms with Gasteiger partial charge in [0.25, 0.3) is 0 Å². The maximum absolute atomic E-state index is 5.75. The normalized spacial score (nSPS) is 21.8. The Morgan fingerprint density at radius 3 is 2.56 bits per heavy atom. The largest absolute Gasteiger partial charge is 0.377 e. The van der Waals surface area contributed by atoms with Crippen molar-refractivity contribution in [2.75, 3.05) is 13.2 Å². The van der Waals surface area contributed by atoms with Crippen molar-refractivity contribution in [1.82, 2.24) is 5.32 Å². The Morgan fingerprint density at radius 2 is 1.94 bits per heavy atom. The van der Waals surface area contributed by atoms with E-state index < -0.39 is 0 Å². The first-order valence-electron chi connectivity index (χ1n) is 7.08. The minimum absolute atomic E-state index is 0.397. The number of aryl methyl sites for hydroxylation is 2. The smallest absolute Gasteiger partial charge is 0.0699 e. The van der Waals surface area contributed by atoms with Gasteiger partial charge in [-0.05, 0) is 45.6 Å². The van der Waals surface area contributed by atoms with Crippen molar-refractivity contribution in [3.05, 3.63) is 34.9 Å². The standard InChI is InChI=1S/C16H25NO/c1-12-8-13(2)10-15(9-12)14(3)17-11-16-6-4-5-7-18-16/h8-10,14,16-17H,4-7,11H2,1-3H3. The van der Waals surface area contributed by atoms with E-state index in [0.29, 0.717) is 12.1 Å². The van der Waals surface area contributed by atoms with Crippen molar-refractivity contribution in [1.29, 1.82) is 0 Å². The summed E-state index contributed by atoms with van der Waals surface area (Å²) >= 11 is 0. The Kier molecular flexibility index (Phi) is 4.79. The van der Waals surface area contributed by atoms with E-state index in [9.17, 15) is 0 Å². The quantitative estimate of drug-likeness (QED) is 0.879. The molecule has 18 heavy (non-hydrogen) atoms. The molecule has 1 saturated heterocycles. The van der Waals surface area contributed by atoms with Crippen molar-refractivity contribution in [3.63, 3.8) is 0 Å². The molecule has 0 aliphatic carbocycles. The molecular weight excluding hydrogens is 222 g/mol. The van der Waals surface area contributed by atoms with Gasteiger partial charge >= 0.3 is 0 Å². The first-order chi connectivity index (χ1) is 8.65. The molecule has 1 aliphatic rings. The maximum Gasteiger partial charge on any atom is 0.0699 e. The van der Waals surface area contributed by atoms with Gasteiger partial charge in [0.15, 0.2) is 0 Å². The molecule has 2 heteroatoms. The van der Waals surface area contributed by atoms with E-state index in [-0.39, 0.29) is 0 Å². The van der Waals surface area contributed by atoms with E-state index in [1.807, 2.05) is 0 Å². The summed E-state index contributed by atoms with van der Waals surface area (Å²) in [6, 6.07) is 7.16. The van der Waals surface area contributed by atoms with Crippen LogP contribution in [-0.4, -0.2) is 19.3 Å². The molecule has 0 aromatic heterocycles. The number of hydrogen-bond acceptors (Lipinski definition) is 2. The average molecular weight is 247 g/mol. The van der Waals surface area contributed by atoms with Crippen LogP contribution in [0.2, 0.25) is 0 Å². The van der Waals surface area contributed by atoms with E-state index in [4.69, 9.17) is 4.74 Å². The summed E-state index contributed by atoms with van der Waals surface area (Å²) in [7, 11) is 0. The molecule has 2 rings (SSSR count). The van der Waals surface area contributed by atoms with Crippen molar-refractivity contribution in [2.45, 2.75) is 52.2 Å². The molecule has 0 radical (unpaired) electrons. The van der Waals surface area contributed by atoms with Gasteiger partial charge in [-0.25, -0.2) is 0 Å². The molecule has 1 aromatic carbocycles. The van der Waals surface area contributed by atoms with Gasteiger partial charge in [0.05, 0.1) is 6.10 Å². The third kappa shape index (κ3) is 3.82. The van der Waals surface area contributed by atoms with Crippen LogP contribution in [0.25, 0.3) is 0 Å². The van der Waals surface area contributed by atoms with Crippen LogP contribution in [0.4, 0.5) is 0 Å². The van der Waals surface area contributed by atoms with Crippen LogP contribution in [0.1, 0.15) is 48.9 Å². The molecule has 0 bridgehead atoms. The zero-order chi connectivity index (χ0) is 13.0. The zero-order valence-corrected chi connectivity index (χ0v) is 11.8. The molecule has 100 valence electrons. The SMILES string of the molecule is Cc1cc(C)cc(C(C)NCC2CCCCO2)c1. The van der Waals surface area contributed by atoms with Gasteiger partial charge in [-0.2, -0.15) is 0 Å². The Labute approximate surface area is 111 Å². The molecule has 1 heterocycles. The highest BCUT2D eigenvalue weighted by Crippen LogP contribution is 2.18. The maximum atomic E-state index is 5.75. The Morgan fingerprint density at radius 1 is 1.22 bits per heavy atom. The fourth-order valence-corrected chi connectivity index (χ4v) is 2.65. The van der Waals surface area contributed by atoms with Gasteiger partial charge in [0.2, 0.25) is 0 Å². The molecule has 2 unspecified atom stereocenters. The highest BCUT2D eigenvalue weighted by Gasteiger charge is 2.15. The Hall–Kier alpha value is -0.860. The van der Waals surface area contributed by atoms with Crippen LogP contribution in [0.15, 0.2) is 18.2 Å². The lowest BCUT2D eigenvalue weighted by Crippen LogP contribution is -2.33. The van der Waals surface area contributed by atoms with E-state index in [2.05, 4.69) is 44.3 Å². The number of rotatable bonds is 4. The van der Waals surface area contributed by atoms with Gasteiger partial charge in [0.1, 0.15) is 0 Å². The molecule has 2 nitrogen and oxygen atoms in total. The number of hydrogen-bond donors (Lipinski definition) is 1. The number of ether oxygens (including phenoxy) is 1. The summed E-state index contributed by atoms with van der Waals surface area (Å²) < 4.78 is 5.75. The molecule has 0 spiro atoms.